The van der Waals surface area contributed by atoms with E-state index in [1.807, 2.05) is 27.8 Å². The van der Waals surface area contributed by atoms with Gasteiger partial charge in [0.25, 0.3) is 0 Å². The van der Waals surface area contributed by atoms with Gasteiger partial charge in [-0.25, -0.2) is 14.8 Å². The van der Waals surface area contributed by atoms with E-state index in [1.54, 1.807) is 12.3 Å². The molecule has 1 saturated heterocycles. The second-order valence-electron chi connectivity index (χ2n) is 11.2. The Morgan fingerprint density at radius 2 is 1.67 bits per heavy atom. The number of amides is 1. The van der Waals surface area contributed by atoms with Crippen LogP contribution in [0, 0.1) is 5.92 Å². The van der Waals surface area contributed by atoms with Crippen LogP contribution in [0.5, 0.6) is 0 Å². The first-order chi connectivity index (χ1) is 19.0. The van der Waals surface area contributed by atoms with Crippen LogP contribution in [0.2, 0.25) is 0 Å². The minimum absolute atomic E-state index is 0.150. The van der Waals surface area contributed by atoms with E-state index < -0.39 is 5.97 Å². The van der Waals surface area contributed by atoms with E-state index >= 15 is 0 Å². The number of hydrogen-bond acceptors (Lipinski definition) is 7. The molecule has 4 heterocycles. The maximum absolute atomic E-state index is 12.8. The normalized spacial score (nSPS) is 19.1. The Hall–Kier alpha value is -3.69. The van der Waals surface area contributed by atoms with Gasteiger partial charge in [-0.05, 0) is 49.8 Å². The van der Waals surface area contributed by atoms with E-state index in [0.717, 1.165) is 62.9 Å². The summed E-state index contributed by atoms with van der Waals surface area (Å²) in [6.07, 6.45) is 14.6. The lowest BCUT2D eigenvalue weighted by molar-refractivity contribution is -0.132. The van der Waals surface area contributed by atoms with Crippen molar-refractivity contribution in [2.24, 2.45) is 5.92 Å². The van der Waals surface area contributed by atoms with E-state index in [2.05, 4.69) is 25.2 Å². The van der Waals surface area contributed by atoms with Crippen molar-refractivity contribution in [3.05, 3.63) is 36.3 Å². The third kappa shape index (κ3) is 5.55. The summed E-state index contributed by atoms with van der Waals surface area (Å²) < 4.78 is 1.87. The summed E-state index contributed by atoms with van der Waals surface area (Å²) >= 11 is 0. The molecule has 10 heteroatoms. The molecule has 2 saturated carbocycles. The third-order valence-corrected chi connectivity index (χ3v) is 8.66. The number of hydrogen-bond donors (Lipinski definition) is 2. The van der Waals surface area contributed by atoms with E-state index in [1.165, 1.54) is 32.1 Å². The lowest BCUT2D eigenvalue weighted by Crippen LogP contribution is -2.49. The minimum Gasteiger partial charge on any atom is -0.477 e. The van der Waals surface area contributed by atoms with Crippen LogP contribution in [0.4, 0.5) is 17.5 Å². The van der Waals surface area contributed by atoms with E-state index in [-0.39, 0.29) is 11.7 Å². The molecule has 0 bridgehead atoms. The average Bonchev–Trinajstić information content (AvgIpc) is 3.62. The summed E-state index contributed by atoms with van der Waals surface area (Å²) in [6, 6.07) is 5.74. The second kappa shape index (κ2) is 11.2. The van der Waals surface area contributed by atoms with E-state index in [9.17, 15) is 14.7 Å². The number of aromatic nitrogens is 4. The Morgan fingerprint density at radius 3 is 2.36 bits per heavy atom. The van der Waals surface area contributed by atoms with Gasteiger partial charge in [-0.15, -0.1) is 0 Å². The molecule has 3 fully saturated rings. The third-order valence-electron chi connectivity index (χ3n) is 8.66. The van der Waals surface area contributed by atoms with Gasteiger partial charge in [-0.1, -0.05) is 32.1 Å². The Morgan fingerprint density at radius 1 is 0.923 bits per heavy atom. The van der Waals surface area contributed by atoms with Crippen molar-refractivity contribution in [1.29, 1.82) is 0 Å². The molecule has 0 spiro atoms. The van der Waals surface area contributed by atoms with Crippen molar-refractivity contribution in [3.63, 3.8) is 0 Å². The van der Waals surface area contributed by atoms with Crippen molar-refractivity contribution in [1.82, 2.24) is 24.4 Å². The van der Waals surface area contributed by atoms with Gasteiger partial charge in [0.1, 0.15) is 17.2 Å². The number of aromatic carboxylic acids is 1. The zero-order chi connectivity index (χ0) is 26.8. The Bertz CT molecular complexity index is 1320. The van der Waals surface area contributed by atoms with Crippen LogP contribution in [-0.4, -0.2) is 67.6 Å². The maximum atomic E-state index is 12.8. The van der Waals surface area contributed by atoms with Gasteiger partial charge in [0.15, 0.2) is 0 Å². The number of piperazine rings is 1. The summed E-state index contributed by atoms with van der Waals surface area (Å²) in [7, 11) is 0. The zero-order valence-electron chi connectivity index (χ0n) is 22.4. The molecule has 6 rings (SSSR count). The first-order valence-electron chi connectivity index (χ1n) is 14.4. The molecule has 1 amide bonds. The fourth-order valence-electron chi connectivity index (χ4n) is 6.51. The number of carbonyl (C=O) groups is 2. The van der Waals surface area contributed by atoms with E-state index in [4.69, 9.17) is 0 Å². The highest BCUT2D eigenvalue weighted by Crippen LogP contribution is 2.34. The highest BCUT2D eigenvalue weighted by Gasteiger charge is 2.26. The maximum Gasteiger partial charge on any atom is 0.352 e. The van der Waals surface area contributed by atoms with Gasteiger partial charge in [0, 0.05) is 50.2 Å². The van der Waals surface area contributed by atoms with Gasteiger partial charge >= 0.3 is 5.97 Å². The van der Waals surface area contributed by atoms with Crippen LogP contribution in [0.15, 0.2) is 30.6 Å². The number of fused-ring (bicyclic) bond motifs is 1. The molecule has 3 aliphatic rings. The second-order valence-corrected chi connectivity index (χ2v) is 11.2. The quantitative estimate of drug-likeness (QED) is 0.437. The van der Waals surface area contributed by atoms with Gasteiger partial charge in [0.2, 0.25) is 11.9 Å². The molecule has 0 aromatic carbocycles. The number of anilines is 3. The Kier molecular flexibility index (Phi) is 7.34. The molecule has 3 aromatic heterocycles. The van der Waals surface area contributed by atoms with Crippen LogP contribution in [0.3, 0.4) is 0 Å². The first-order valence-corrected chi connectivity index (χ1v) is 14.4. The molecule has 39 heavy (non-hydrogen) atoms. The van der Waals surface area contributed by atoms with Gasteiger partial charge < -0.3 is 24.8 Å². The van der Waals surface area contributed by atoms with E-state index in [0.29, 0.717) is 35.7 Å². The van der Waals surface area contributed by atoms with Crippen LogP contribution in [0.1, 0.15) is 80.7 Å². The summed E-state index contributed by atoms with van der Waals surface area (Å²) in [4.78, 5) is 42.7. The molecule has 10 nitrogen and oxygen atoms in total. The number of carbonyl (C=O) groups excluding carboxylic acids is 1. The van der Waals surface area contributed by atoms with Gasteiger partial charge in [0.05, 0.1) is 11.9 Å². The largest absolute Gasteiger partial charge is 0.477 e. The SMILES string of the molecule is O=C(O)c1cc2cnc(Nc3ccc(N4CCN(C(=O)CC5CCCCC5)CC4)cn3)nc2n1C1CCCC1. The summed E-state index contributed by atoms with van der Waals surface area (Å²) in [5.74, 6) is 0.954. The zero-order valence-corrected chi connectivity index (χ0v) is 22.4. The van der Waals surface area contributed by atoms with Gasteiger partial charge in [-0.3, -0.25) is 4.79 Å². The lowest BCUT2D eigenvalue weighted by atomic mass is 9.86. The number of pyridine rings is 1. The molecular weight excluding hydrogens is 494 g/mol. The lowest BCUT2D eigenvalue weighted by Gasteiger charge is -2.36. The van der Waals surface area contributed by atoms with Crippen molar-refractivity contribution in [3.8, 4) is 0 Å². The standard InChI is InChI=1S/C29H37N7O3/c37-26(16-20-6-2-1-3-7-20)35-14-12-34(13-15-35)23-10-11-25(30-19-23)32-29-31-18-21-17-24(28(38)39)36(27(21)33-29)22-8-4-5-9-22/h10-11,17-20,22H,1-9,12-16H2,(H,38,39)(H,30,31,32,33). The summed E-state index contributed by atoms with van der Waals surface area (Å²) in [6.45, 7) is 3.10. The van der Waals surface area contributed by atoms with Crippen LogP contribution < -0.4 is 10.2 Å². The average molecular weight is 532 g/mol. The summed E-state index contributed by atoms with van der Waals surface area (Å²) in [5, 5.41) is 13.7. The number of nitrogens with one attached hydrogen (secondary N) is 1. The predicted molar refractivity (Wildman–Crippen MR) is 149 cm³/mol. The highest BCUT2D eigenvalue weighted by molar-refractivity contribution is 5.93. The molecule has 2 N–H and O–H groups in total. The van der Waals surface area contributed by atoms with Crippen molar-refractivity contribution >= 4 is 40.4 Å². The fraction of sp³-hybridized carbons (Fsp3) is 0.552. The fourth-order valence-corrected chi connectivity index (χ4v) is 6.51. The van der Waals surface area contributed by atoms with Crippen LogP contribution >= 0.6 is 0 Å². The van der Waals surface area contributed by atoms with Crippen molar-refractivity contribution in [2.75, 3.05) is 36.4 Å². The van der Waals surface area contributed by atoms with Crippen LogP contribution in [-0.2, 0) is 4.79 Å². The van der Waals surface area contributed by atoms with Crippen LogP contribution in [0.25, 0.3) is 11.0 Å². The molecule has 206 valence electrons. The number of carboxylic acids is 1. The molecule has 0 unspecified atom stereocenters. The highest BCUT2D eigenvalue weighted by atomic mass is 16.4. The molecule has 2 aliphatic carbocycles. The van der Waals surface area contributed by atoms with Crippen molar-refractivity contribution in [2.45, 2.75) is 70.3 Å². The Labute approximate surface area is 228 Å². The Balaban J connectivity index is 1.09. The minimum atomic E-state index is -0.943. The van der Waals surface area contributed by atoms with Gasteiger partial charge in [-0.2, -0.15) is 4.98 Å². The predicted octanol–water partition coefficient (Wildman–Crippen LogP) is 5.00. The molecule has 1 aliphatic heterocycles. The molecule has 0 radical (unpaired) electrons. The molecule has 3 aromatic rings. The monoisotopic (exact) mass is 531 g/mol. The number of rotatable bonds is 7. The topological polar surface area (TPSA) is 116 Å². The first kappa shape index (κ1) is 25.6. The molecular formula is C29H37N7O3. The number of carboxylic acid groups (broad SMARTS) is 1. The molecule has 0 atom stereocenters. The van der Waals surface area contributed by atoms with Crippen molar-refractivity contribution < 1.29 is 14.7 Å². The number of nitrogens with zero attached hydrogens (tertiary/aromatic N) is 6. The summed E-state index contributed by atoms with van der Waals surface area (Å²) in [5.41, 5.74) is 1.93. The smallest absolute Gasteiger partial charge is 0.352 e.